The first kappa shape index (κ1) is 13.2. The van der Waals surface area contributed by atoms with E-state index in [0.29, 0.717) is 13.0 Å². The maximum absolute atomic E-state index is 9.99. The molecule has 18 heavy (non-hydrogen) atoms. The molecule has 0 fully saturated rings. The average Bonchev–Trinajstić information content (AvgIpc) is 2.31. The van der Waals surface area contributed by atoms with E-state index in [9.17, 15) is 10.2 Å². The van der Waals surface area contributed by atoms with Crippen molar-refractivity contribution in [3.05, 3.63) is 23.3 Å². The summed E-state index contributed by atoms with van der Waals surface area (Å²) in [6.07, 6.45) is 0.353. The molecule has 4 N–H and O–H groups in total. The molecule has 2 atom stereocenters. The number of nitrogens with two attached hydrogens (primary N) is 1. The molecule has 1 heterocycles. The van der Waals surface area contributed by atoms with Crippen LogP contribution in [-0.4, -0.2) is 22.9 Å². The van der Waals surface area contributed by atoms with Gasteiger partial charge in [0, 0.05) is 18.5 Å². The molecule has 0 saturated heterocycles. The van der Waals surface area contributed by atoms with Crippen LogP contribution < -0.4 is 5.73 Å². The van der Waals surface area contributed by atoms with Gasteiger partial charge in [-0.25, -0.2) is 0 Å². The highest BCUT2D eigenvalue weighted by molar-refractivity contribution is 5.51. The van der Waals surface area contributed by atoms with E-state index in [1.165, 1.54) is 6.07 Å². The Morgan fingerprint density at radius 2 is 2.00 bits per heavy atom. The van der Waals surface area contributed by atoms with Gasteiger partial charge >= 0.3 is 0 Å². The summed E-state index contributed by atoms with van der Waals surface area (Å²) in [4.78, 5) is 0. The van der Waals surface area contributed by atoms with Gasteiger partial charge in [-0.2, -0.15) is 0 Å². The molecule has 0 radical (unpaired) electrons. The van der Waals surface area contributed by atoms with E-state index in [0.717, 1.165) is 11.1 Å². The second kappa shape index (κ2) is 4.44. The van der Waals surface area contributed by atoms with Gasteiger partial charge in [-0.1, -0.05) is 26.8 Å². The zero-order valence-corrected chi connectivity index (χ0v) is 11.1. The predicted octanol–water partition coefficient (Wildman–Crippen LogP) is 2.08. The van der Waals surface area contributed by atoms with Crippen LogP contribution >= 0.6 is 0 Å². The van der Waals surface area contributed by atoms with E-state index < -0.39 is 0 Å². The largest absolute Gasteiger partial charge is 0.504 e. The molecule has 4 nitrogen and oxygen atoms in total. The van der Waals surface area contributed by atoms with Crippen molar-refractivity contribution in [2.45, 2.75) is 39.4 Å². The van der Waals surface area contributed by atoms with Crippen molar-refractivity contribution in [1.29, 1.82) is 0 Å². The Morgan fingerprint density at radius 1 is 1.33 bits per heavy atom. The van der Waals surface area contributed by atoms with Crippen molar-refractivity contribution in [3.8, 4) is 11.5 Å². The highest BCUT2D eigenvalue weighted by atomic mass is 16.5. The molecule has 2 rings (SSSR count). The first-order valence-electron chi connectivity index (χ1n) is 6.23. The second-order valence-electron chi connectivity index (χ2n) is 5.92. The number of benzene rings is 1. The van der Waals surface area contributed by atoms with E-state index in [2.05, 4.69) is 20.8 Å². The van der Waals surface area contributed by atoms with Gasteiger partial charge < -0.3 is 20.7 Å². The van der Waals surface area contributed by atoms with Crippen LogP contribution in [0.25, 0.3) is 0 Å². The van der Waals surface area contributed by atoms with Crippen molar-refractivity contribution in [3.63, 3.8) is 0 Å². The fraction of sp³-hybridized carbons (Fsp3) is 0.571. The highest BCUT2D eigenvalue weighted by Gasteiger charge is 2.35. The Labute approximate surface area is 107 Å². The summed E-state index contributed by atoms with van der Waals surface area (Å²) < 4.78 is 6.00. The molecule has 0 unspecified atom stereocenters. The van der Waals surface area contributed by atoms with Crippen molar-refractivity contribution in [1.82, 2.24) is 0 Å². The fourth-order valence-electron chi connectivity index (χ4n) is 2.35. The van der Waals surface area contributed by atoms with E-state index in [1.54, 1.807) is 6.07 Å². The van der Waals surface area contributed by atoms with Crippen LogP contribution in [0.5, 0.6) is 11.5 Å². The third kappa shape index (κ3) is 2.18. The Bertz CT molecular complexity index is 451. The van der Waals surface area contributed by atoms with Crippen molar-refractivity contribution in [2.24, 2.45) is 11.1 Å². The van der Waals surface area contributed by atoms with E-state index in [-0.39, 0.29) is 29.1 Å². The Hall–Kier alpha value is -1.26. The third-order valence-electron chi connectivity index (χ3n) is 3.54. The maximum atomic E-state index is 9.99. The number of rotatable bonds is 1. The number of hydrogen-bond acceptors (Lipinski definition) is 4. The third-order valence-corrected chi connectivity index (χ3v) is 3.54. The van der Waals surface area contributed by atoms with E-state index in [4.69, 9.17) is 10.5 Å². The van der Waals surface area contributed by atoms with Gasteiger partial charge in [0.05, 0.1) is 12.2 Å². The lowest BCUT2D eigenvalue weighted by atomic mass is 9.81. The molecule has 4 heteroatoms. The quantitative estimate of drug-likeness (QED) is 0.668. The Balaban J connectivity index is 2.46. The van der Waals surface area contributed by atoms with Crippen LogP contribution in [0.4, 0.5) is 0 Å². The molecule has 1 aromatic rings. The van der Waals surface area contributed by atoms with Crippen LogP contribution in [-0.2, 0) is 11.2 Å². The number of phenolic OH excluding ortho intramolecular Hbond substituents is 2. The summed E-state index contributed by atoms with van der Waals surface area (Å²) in [6.45, 7) is 6.64. The Kier molecular flexibility index (Phi) is 3.25. The summed E-state index contributed by atoms with van der Waals surface area (Å²) in [5.41, 5.74) is 7.35. The van der Waals surface area contributed by atoms with E-state index in [1.807, 2.05) is 0 Å². The summed E-state index contributed by atoms with van der Waals surface area (Å²) >= 11 is 0. The number of ether oxygens (including phenoxy) is 1. The molecular formula is C14H21NO3. The first-order valence-corrected chi connectivity index (χ1v) is 6.23. The lowest BCUT2D eigenvalue weighted by molar-refractivity contribution is -0.0747. The summed E-state index contributed by atoms with van der Waals surface area (Å²) in [6, 6.07) is 3.26. The normalized spacial score (nSPS) is 23.8. The molecule has 1 aliphatic rings. The average molecular weight is 251 g/mol. The van der Waals surface area contributed by atoms with Gasteiger partial charge in [-0.15, -0.1) is 0 Å². The number of aromatic hydroxyl groups is 2. The topological polar surface area (TPSA) is 75.7 Å². The Morgan fingerprint density at radius 3 is 2.56 bits per heavy atom. The summed E-state index contributed by atoms with van der Waals surface area (Å²) in [5, 5.41) is 19.6. The molecule has 0 spiro atoms. The molecule has 0 bridgehead atoms. The van der Waals surface area contributed by atoms with Gasteiger partial charge in [0.2, 0.25) is 0 Å². The zero-order chi connectivity index (χ0) is 13.5. The zero-order valence-electron chi connectivity index (χ0n) is 11.1. The van der Waals surface area contributed by atoms with Crippen molar-refractivity contribution < 1.29 is 14.9 Å². The molecule has 0 aromatic heterocycles. The van der Waals surface area contributed by atoms with Gasteiger partial charge in [0.25, 0.3) is 0 Å². The van der Waals surface area contributed by atoms with Crippen LogP contribution in [0.1, 0.15) is 38.0 Å². The monoisotopic (exact) mass is 251 g/mol. The van der Waals surface area contributed by atoms with Gasteiger partial charge in [0.15, 0.2) is 11.5 Å². The predicted molar refractivity (Wildman–Crippen MR) is 69.6 cm³/mol. The SMILES string of the molecule is CC(C)(C)[C@@H]1Cc2c(ccc(O)c2O)[C@H](CN)O1. The fourth-order valence-corrected chi connectivity index (χ4v) is 2.35. The highest BCUT2D eigenvalue weighted by Crippen LogP contribution is 2.43. The van der Waals surface area contributed by atoms with Crippen LogP contribution in [0.2, 0.25) is 0 Å². The lowest BCUT2D eigenvalue weighted by Crippen LogP contribution is -2.38. The lowest BCUT2D eigenvalue weighted by Gasteiger charge is -2.39. The van der Waals surface area contributed by atoms with Crippen LogP contribution in [0.15, 0.2) is 12.1 Å². The molecule has 0 saturated carbocycles. The minimum atomic E-state index is -0.218. The smallest absolute Gasteiger partial charge is 0.161 e. The van der Waals surface area contributed by atoms with E-state index >= 15 is 0 Å². The maximum Gasteiger partial charge on any atom is 0.161 e. The van der Waals surface area contributed by atoms with Crippen LogP contribution in [0.3, 0.4) is 0 Å². The molecule has 1 aromatic carbocycles. The molecular weight excluding hydrogens is 230 g/mol. The standard InChI is InChI=1S/C14H21NO3/c1-14(2,3)12-6-9-8(11(7-15)18-12)4-5-10(16)13(9)17/h4-5,11-12,16-17H,6-7,15H2,1-3H3/t11-,12-/m0/s1. The first-order chi connectivity index (χ1) is 8.34. The van der Waals surface area contributed by atoms with Gasteiger partial charge in [-0.3, -0.25) is 0 Å². The van der Waals surface area contributed by atoms with Crippen LogP contribution in [0, 0.1) is 5.41 Å². The van der Waals surface area contributed by atoms with Crippen molar-refractivity contribution >= 4 is 0 Å². The molecule has 0 amide bonds. The minimum Gasteiger partial charge on any atom is -0.504 e. The second-order valence-corrected chi connectivity index (χ2v) is 5.92. The number of hydrogen-bond donors (Lipinski definition) is 3. The number of phenols is 2. The molecule has 0 aliphatic carbocycles. The van der Waals surface area contributed by atoms with Crippen molar-refractivity contribution in [2.75, 3.05) is 6.54 Å². The van der Waals surface area contributed by atoms with Gasteiger partial charge in [-0.05, 0) is 17.0 Å². The van der Waals surface area contributed by atoms with Gasteiger partial charge in [0.1, 0.15) is 0 Å². The molecule has 1 aliphatic heterocycles. The number of fused-ring (bicyclic) bond motifs is 1. The summed E-state index contributed by atoms with van der Waals surface area (Å²) in [5.74, 6) is -0.123. The summed E-state index contributed by atoms with van der Waals surface area (Å²) in [7, 11) is 0. The minimum absolute atomic E-state index is 0.0220. The molecule has 100 valence electrons.